The Morgan fingerprint density at radius 1 is 1.25 bits per heavy atom. The van der Waals surface area contributed by atoms with E-state index in [1.807, 2.05) is 32.9 Å². The fraction of sp³-hybridized carbons (Fsp3) is 0.333. The SMILES string of the molecule is CCNC(=NCc1nc(-c2cccc(Cl)c2)no1)NCc1sc(C)nc1C.I. The lowest BCUT2D eigenvalue weighted by Crippen LogP contribution is -2.36. The third-order valence-electron chi connectivity index (χ3n) is 3.68. The number of hydrogen-bond donors (Lipinski definition) is 2. The van der Waals surface area contributed by atoms with Gasteiger partial charge >= 0.3 is 0 Å². The number of benzene rings is 1. The molecule has 0 aliphatic rings. The summed E-state index contributed by atoms with van der Waals surface area (Å²) in [4.78, 5) is 14.5. The van der Waals surface area contributed by atoms with Crippen LogP contribution in [0.5, 0.6) is 0 Å². The van der Waals surface area contributed by atoms with Crippen LogP contribution in [0.3, 0.4) is 0 Å². The highest BCUT2D eigenvalue weighted by Crippen LogP contribution is 2.20. The molecule has 10 heteroatoms. The molecule has 0 bridgehead atoms. The van der Waals surface area contributed by atoms with Gasteiger partial charge in [-0.25, -0.2) is 9.98 Å². The lowest BCUT2D eigenvalue weighted by atomic mass is 10.2. The summed E-state index contributed by atoms with van der Waals surface area (Å²) in [5.41, 5.74) is 1.85. The summed E-state index contributed by atoms with van der Waals surface area (Å²) in [5.74, 6) is 1.62. The maximum absolute atomic E-state index is 6.01. The third-order valence-corrected chi connectivity index (χ3v) is 4.99. The number of guanidine groups is 1. The average Bonchev–Trinajstić information content (AvgIpc) is 3.23. The summed E-state index contributed by atoms with van der Waals surface area (Å²) in [6.45, 7) is 7.74. The average molecular weight is 533 g/mol. The van der Waals surface area contributed by atoms with Gasteiger partial charge < -0.3 is 15.2 Å². The topological polar surface area (TPSA) is 88.2 Å². The molecule has 3 rings (SSSR count). The maximum atomic E-state index is 6.01. The van der Waals surface area contributed by atoms with Crippen molar-refractivity contribution in [1.82, 2.24) is 25.8 Å². The van der Waals surface area contributed by atoms with Crippen molar-refractivity contribution in [3.8, 4) is 11.4 Å². The third kappa shape index (κ3) is 6.14. The molecule has 28 heavy (non-hydrogen) atoms. The van der Waals surface area contributed by atoms with Crippen molar-refractivity contribution in [2.45, 2.75) is 33.9 Å². The quantitative estimate of drug-likeness (QED) is 0.279. The van der Waals surface area contributed by atoms with Crippen molar-refractivity contribution in [1.29, 1.82) is 0 Å². The molecule has 3 aromatic rings. The summed E-state index contributed by atoms with van der Waals surface area (Å²) >= 11 is 7.69. The van der Waals surface area contributed by atoms with Crippen molar-refractivity contribution in [2.24, 2.45) is 4.99 Å². The Morgan fingerprint density at radius 3 is 2.75 bits per heavy atom. The Kier molecular flexibility index (Phi) is 8.64. The van der Waals surface area contributed by atoms with Gasteiger partial charge in [-0.15, -0.1) is 35.3 Å². The first-order valence-corrected chi connectivity index (χ1v) is 9.78. The van der Waals surface area contributed by atoms with Crippen LogP contribution >= 0.6 is 46.9 Å². The molecule has 0 saturated carbocycles. The molecular weight excluding hydrogens is 511 g/mol. The molecule has 0 unspecified atom stereocenters. The number of nitrogens with zero attached hydrogens (tertiary/aromatic N) is 4. The molecule has 2 N–H and O–H groups in total. The molecule has 7 nitrogen and oxygen atoms in total. The number of rotatable bonds is 6. The van der Waals surface area contributed by atoms with Crippen molar-refractivity contribution >= 4 is 52.9 Å². The zero-order chi connectivity index (χ0) is 19.2. The van der Waals surface area contributed by atoms with Gasteiger partial charge in [0.05, 0.1) is 17.2 Å². The van der Waals surface area contributed by atoms with Crippen molar-refractivity contribution in [3.63, 3.8) is 0 Å². The predicted molar refractivity (Wildman–Crippen MR) is 123 cm³/mol. The van der Waals surface area contributed by atoms with Crippen LogP contribution < -0.4 is 10.6 Å². The summed E-state index contributed by atoms with van der Waals surface area (Å²) in [6.07, 6.45) is 0. The van der Waals surface area contributed by atoms with E-state index in [0.717, 1.165) is 22.8 Å². The summed E-state index contributed by atoms with van der Waals surface area (Å²) in [7, 11) is 0. The molecule has 0 aliphatic heterocycles. The lowest BCUT2D eigenvalue weighted by Gasteiger charge is -2.10. The first-order chi connectivity index (χ1) is 13.0. The molecule has 0 saturated heterocycles. The van der Waals surface area contributed by atoms with Crippen molar-refractivity contribution in [3.05, 3.63) is 50.8 Å². The zero-order valence-electron chi connectivity index (χ0n) is 15.8. The predicted octanol–water partition coefficient (Wildman–Crippen LogP) is 4.34. The maximum Gasteiger partial charge on any atom is 0.248 e. The number of hydrogen-bond acceptors (Lipinski definition) is 6. The van der Waals surface area contributed by atoms with Crippen LogP contribution in [0.1, 0.15) is 28.4 Å². The Bertz CT molecular complexity index is 942. The standard InChI is InChI=1S/C18H21ClN6OS.HI/c1-4-20-18(21-9-15-11(2)23-12(3)27-15)22-10-16-24-17(25-26-16)13-6-5-7-14(19)8-13;/h5-8H,4,9-10H2,1-3H3,(H2,20,21,22);1H. The largest absolute Gasteiger partial charge is 0.357 e. The van der Waals surface area contributed by atoms with Gasteiger partial charge in [-0.2, -0.15) is 4.98 Å². The first-order valence-electron chi connectivity index (χ1n) is 8.58. The van der Waals surface area contributed by atoms with Crippen LogP contribution in [0.2, 0.25) is 5.02 Å². The van der Waals surface area contributed by atoms with Gasteiger partial charge in [-0.1, -0.05) is 28.9 Å². The number of halogens is 2. The Hall–Kier alpha value is -1.72. The van der Waals surface area contributed by atoms with Gasteiger partial charge in [0.25, 0.3) is 0 Å². The fourth-order valence-electron chi connectivity index (χ4n) is 2.45. The van der Waals surface area contributed by atoms with Crippen LogP contribution in [-0.4, -0.2) is 27.6 Å². The summed E-state index contributed by atoms with van der Waals surface area (Å²) in [6, 6.07) is 7.33. The fourth-order valence-corrected chi connectivity index (χ4v) is 3.52. The normalized spacial score (nSPS) is 11.2. The summed E-state index contributed by atoms with van der Waals surface area (Å²) < 4.78 is 5.30. The molecule has 0 fully saturated rings. The highest BCUT2D eigenvalue weighted by atomic mass is 127. The van der Waals surface area contributed by atoms with Crippen LogP contribution in [0, 0.1) is 13.8 Å². The molecule has 0 atom stereocenters. The van der Waals surface area contributed by atoms with E-state index in [1.54, 1.807) is 23.5 Å². The van der Waals surface area contributed by atoms with E-state index in [1.165, 1.54) is 4.88 Å². The molecule has 2 aromatic heterocycles. The molecule has 1 aromatic carbocycles. The minimum absolute atomic E-state index is 0. The van der Waals surface area contributed by atoms with Crippen LogP contribution in [0.4, 0.5) is 0 Å². The van der Waals surface area contributed by atoms with Crippen molar-refractivity contribution < 1.29 is 4.52 Å². The van der Waals surface area contributed by atoms with E-state index in [9.17, 15) is 0 Å². The second-order valence-electron chi connectivity index (χ2n) is 5.81. The number of nitrogens with one attached hydrogen (secondary N) is 2. The van der Waals surface area contributed by atoms with Crippen LogP contribution in [0.15, 0.2) is 33.8 Å². The second-order valence-corrected chi connectivity index (χ2v) is 7.54. The molecule has 2 heterocycles. The van der Waals surface area contributed by atoms with Gasteiger partial charge in [0.2, 0.25) is 11.7 Å². The number of thiazole rings is 1. The van der Waals surface area contributed by atoms with Gasteiger partial charge in [0.1, 0.15) is 6.54 Å². The molecule has 0 aliphatic carbocycles. The van der Waals surface area contributed by atoms with E-state index < -0.39 is 0 Å². The molecular formula is C18H22ClIN6OS. The Balaban J connectivity index is 0.00000280. The van der Waals surface area contributed by atoms with Crippen LogP contribution in [0.25, 0.3) is 11.4 Å². The van der Waals surface area contributed by atoms with E-state index in [-0.39, 0.29) is 30.5 Å². The van der Waals surface area contributed by atoms with Crippen molar-refractivity contribution in [2.75, 3.05) is 6.54 Å². The van der Waals surface area contributed by atoms with Gasteiger partial charge in [-0.05, 0) is 32.9 Å². The number of aliphatic imine (C=N–C) groups is 1. The Morgan fingerprint density at radius 2 is 2.07 bits per heavy atom. The number of aromatic nitrogens is 3. The summed E-state index contributed by atoms with van der Waals surface area (Å²) in [5, 5.41) is 12.2. The minimum atomic E-state index is 0. The van der Waals surface area contributed by atoms with Gasteiger partial charge in [0, 0.05) is 22.0 Å². The van der Waals surface area contributed by atoms with Gasteiger partial charge in [0.15, 0.2) is 5.96 Å². The smallest absolute Gasteiger partial charge is 0.248 e. The first kappa shape index (κ1) is 22.6. The molecule has 0 amide bonds. The number of aryl methyl sites for hydroxylation is 2. The lowest BCUT2D eigenvalue weighted by molar-refractivity contribution is 0.380. The van der Waals surface area contributed by atoms with Crippen LogP contribution in [-0.2, 0) is 13.1 Å². The van der Waals surface area contributed by atoms with E-state index in [0.29, 0.717) is 29.2 Å². The van der Waals surface area contributed by atoms with Gasteiger partial charge in [-0.3, -0.25) is 0 Å². The molecule has 0 spiro atoms. The monoisotopic (exact) mass is 532 g/mol. The highest BCUT2D eigenvalue weighted by molar-refractivity contribution is 14.0. The molecule has 150 valence electrons. The highest BCUT2D eigenvalue weighted by Gasteiger charge is 2.10. The molecule has 0 radical (unpaired) electrons. The second kappa shape index (κ2) is 10.7. The zero-order valence-corrected chi connectivity index (χ0v) is 19.7. The van der Waals surface area contributed by atoms with E-state index >= 15 is 0 Å². The van der Waals surface area contributed by atoms with E-state index in [2.05, 4.69) is 30.8 Å². The minimum Gasteiger partial charge on any atom is -0.357 e. The van der Waals surface area contributed by atoms with E-state index in [4.69, 9.17) is 16.1 Å². The Labute approximate surface area is 190 Å².